The number of hydrogen-bond donors (Lipinski definition) is 2. The van der Waals surface area contributed by atoms with Gasteiger partial charge in [-0.15, -0.1) is 0 Å². The standard InChI is InChI=1S/C17H18N2O/c18-15-9-14(13-6-7-13)10-16(11-15)19-17(20)8-12-4-2-1-3-5-12/h1-5,9-11,13H,6-8,18H2,(H,19,20). The van der Waals surface area contributed by atoms with Gasteiger partial charge in [-0.05, 0) is 48.1 Å². The van der Waals surface area contributed by atoms with Crippen LogP contribution in [-0.4, -0.2) is 5.91 Å². The minimum atomic E-state index is -0.0106. The summed E-state index contributed by atoms with van der Waals surface area (Å²) in [5, 5.41) is 2.94. The number of anilines is 2. The lowest BCUT2D eigenvalue weighted by molar-refractivity contribution is -0.115. The Kier molecular flexibility index (Phi) is 3.42. The molecule has 1 aliphatic carbocycles. The molecule has 0 unspecified atom stereocenters. The van der Waals surface area contributed by atoms with Gasteiger partial charge in [0.25, 0.3) is 0 Å². The molecule has 1 saturated carbocycles. The summed E-state index contributed by atoms with van der Waals surface area (Å²) in [7, 11) is 0. The van der Waals surface area contributed by atoms with E-state index in [2.05, 4.69) is 5.32 Å². The first-order valence-electron chi connectivity index (χ1n) is 6.95. The number of nitrogens with two attached hydrogens (primary N) is 1. The van der Waals surface area contributed by atoms with Gasteiger partial charge in [0.15, 0.2) is 0 Å². The fourth-order valence-electron chi connectivity index (χ4n) is 2.39. The molecule has 0 spiro atoms. The fraction of sp³-hybridized carbons (Fsp3) is 0.235. The minimum absolute atomic E-state index is 0.0106. The Bertz CT molecular complexity index is 618. The molecular weight excluding hydrogens is 248 g/mol. The molecule has 0 atom stereocenters. The Morgan fingerprint density at radius 2 is 1.90 bits per heavy atom. The van der Waals surface area contributed by atoms with Gasteiger partial charge in [0.2, 0.25) is 5.91 Å². The van der Waals surface area contributed by atoms with Gasteiger partial charge >= 0.3 is 0 Å². The van der Waals surface area contributed by atoms with Crippen LogP contribution in [0.4, 0.5) is 11.4 Å². The van der Waals surface area contributed by atoms with Gasteiger partial charge < -0.3 is 11.1 Å². The molecule has 2 aromatic rings. The molecule has 102 valence electrons. The number of nitrogens with one attached hydrogen (secondary N) is 1. The van der Waals surface area contributed by atoms with Crippen molar-refractivity contribution in [3.05, 3.63) is 59.7 Å². The van der Waals surface area contributed by atoms with Crippen LogP contribution < -0.4 is 11.1 Å². The number of hydrogen-bond acceptors (Lipinski definition) is 2. The summed E-state index contributed by atoms with van der Waals surface area (Å²) in [4.78, 5) is 12.0. The van der Waals surface area contributed by atoms with Gasteiger partial charge in [-0.25, -0.2) is 0 Å². The Labute approximate surface area is 118 Å². The van der Waals surface area contributed by atoms with E-state index in [9.17, 15) is 4.79 Å². The Morgan fingerprint density at radius 1 is 1.15 bits per heavy atom. The third-order valence-corrected chi connectivity index (χ3v) is 3.52. The second-order valence-corrected chi connectivity index (χ2v) is 5.37. The van der Waals surface area contributed by atoms with Crippen molar-refractivity contribution in [2.24, 2.45) is 0 Å². The highest BCUT2D eigenvalue weighted by molar-refractivity contribution is 5.92. The van der Waals surface area contributed by atoms with E-state index in [1.54, 1.807) is 0 Å². The lowest BCUT2D eigenvalue weighted by Crippen LogP contribution is -2.14. The van der Waals surface area contributed by atoms with Crippen molar-refractivity contribution in [3.8, 4) is 0 Å². The van der Waals surface area contributed by atoms with Gasteiger partial charge in [-0.2, -0.15) is 0 Å². The molecule has 0 aromatic heterocycles. The Morgan fingerprint density at radius 3 is 2.60 bits per heavy atom. The minimum Gasteiger partial charge on any atom is -0.399 e. The lowest BCUT2D eigenvalue weighted by Gasteiger charge is -2.09. The van der Waals surface area contributed by atoms with E-state index in [0.29, 0.717) is 18.0 Å². The number of amides is 1. The molecule has 3 N–H and O–H groups in total. The second kappa shape index (κ2) is 5.37. The molecule has 20 heavy (non-hydrogen) atoms. The molecule has 0 saturated heterocycles. The van der Waals surface area contributed by atoms with E-state index in [1.807, 2.05) is 48.5 Å². The summed E-state index contributed by atoms with van der Waals surface area (Å²) in [6.45, 7) is 0. The molecule has 1 aliphatic rings. The van der Waals surface area contributed by atoms with Gasteiger partial charge in [-0.1, -0.05) is 30.3 Å². The number of carbonyl (C=O) groups excluding carboxylic acids is 1. The number of nitrogen functional groups attached to an aromatic ring is 1. The highest BCUT2D eigenvalue weighted by Crippen LogP contribution is 2.41. The van der Waals surface area contributed by atoms with Crippen molar-refractivity contribution in [3.63, 3.8) is 0 Å². The molecule has 3 heteroatoms. The molecule has 0 heterocycles. The maximum Gasteiger partial charge on any atom is 0.228 e. The van der Waals surface area contributed by atoms with Crippen molar-refractivity contribution in [1.29, 1.82) is 0 Å². The van der Waals surface area contributed by atoms with Crippen molar-refractivity contribution < 1.29 is 4.79 Å². The molecule has 0 aliphatic heterocycles. The van der Waals surface area contributed by atoms with Gasteiger partial charge in [0.05, 0.1) is 6.42 Å². The van der Waals surface area contributed by atoms with Crippen molar-refractivity contribution in [1.82, 2.24) is 0 Å². The fourth-order valence-corrected chi connectivity index (χ4v) is 2.39. The van der Waals surface area contributed by atoms with Crippen LogP contribution in [-0.2, 0) is 11.2 Å². The van der Waals surface area contributed by atoms with E-state index >= 15 is 0 Å². The normalized spacial score (nSPS) is 14.0. The highest BCUT2D eigenvalue weighted by atomic mass is 16.1. The smallest absolute Gasteiger partial charge is 0.228 e. The number of benzene rings is 2. The summed E-state index contributed by atoms with van der Waals surface area (Å²) >= 11 is 0. The Hall–Kier alpha value is -2.29. The van der Waals surface area contributed by atoms with Crippen LogP contribution in [0, 0.1) is 0 Å². The van der Waals surface area contributed by atoms with E-state index < -0.39 is 0 Å². The molecule has 0 bridgehead atoms. The van der Waals surface area contributed by atoms with Crippen LogP contribution >= 0.6 is 0 Å². The van der Waals surface area contributed by atoms with Crippen molar-refractivity contribution in [2.75, 3.05) is 11.1 Å². The average Bonchev–Trinajstić information content (AvgIpc) is 3.23. The van der Waals surface area contributed by atoms with Crippen LogP contribution in [0.15, 0.2) is 48.5 Å². The van der Waals surface area contributed by atoms with Gasteiger partial charge in [0.1, 0.15) is 0 Å². The van der Waals surface area contributed by atoms with Crippen LogP contribution in [0.25, 0.3) is 0 Å². The maximum absolute atomic E-state index is 12.0. The second-order valence-electron chi connectivity index (χ2n) is 5.37. The summed E-state index contributed by atoms with van der Waals surface area (Å²) < 4.78 is 0. The molecule has 0 radical (unpaired) electrons. The van der Waals surface area contributed by atoms with Crippen LogP contribution in [0.3, 0.4) is 0 Å². The SMILES string of the molecule is Nc1cc(NC(=O)Cc2ccccc2)cc(C2CC2)c1. The molecule has 3 nitrogen and oxygen atoms in total. The summed E-state index contributed by atoms with van der Waals surface area (Å²) in [5.74, 6) is 0.617. The molecule has 1 fully saturated rings. The largest absolute Gasteiger partial charge is 0.399 e. The maximum atomic E-state index is 12.0. The zero-order valence-corrected chi connectivity index (χ0v) is 11.3. The number of carbonyl (C=O) groups is 1. The van der Waals surface area contributed by atoms with Crippen LogP contribution in [0.5, 0.6) is 0 Å². The summed E-state index contributed by atoms with van der Waals surface area (Å²) in [6.07, 6.45) is 2.83. The first-order valence-corrected chi connectivity index (χ1v) is 6.95. The third kappa shape index (κ3) is 3.18. The molecular formula is C17H18N2O. The predicted molar refractivity (Wildman–Crippen MR) is 81.6 cm³/mol. The monoisotopic (exact) mass is 266 g/mol. The first kappa shape index (κ1) is 12.7. The summed E-state index contributed by atoms with van der Waals surface area (Å²) in [6, 6.07) is 15.6. The molecule has 3 rings (SSSR count). The summed E-state index contributed by atoms with van der Waals surface area (Å²) in [5.41, 5.74) is 9.66. The van der Waals surface area contributed by atoms with E-state index in [-0.39, 0.29) is 5.91 Å². The van der Waals surface area contributed by atoms with Gasteiger partial charge in [0, 0.05) is 11.4 Å². The first-order chi connectivity index (χ1) is 9.70. The zero-order valence-electron chi connectivity index (χ0n) is 11.3. The zero-order chi connectivity index (χ0) is 13.9. The van der Waals surface area contributed by atoms with E-state index in [4.69, 9.17) is 5.73 Å². The predicted octanol–water partition coefficient (Wildman–Crippen LogP) is 3.33. The van der Waals surface area contributed by atoms with Crippen LogP contribution in [0.2, 0.25) is 0 Å². The van der Waals surface area contributed by atoms with E-state index in [0.717, 1.165) is 11.3 Å². The topological polar surface area (TPSA) is 55.1 Å². The van der Waals surface area contributed by atoms with Crippen LogP contribution in [0.1, 0.15) is 29.9 Å². The molecule has 1 amide bonds. The quantitative estimate of drug-likeness (QED) is 0.834. The lowest BCUT2D eigenvalue weighted by atomic mass is 10.1. The van der Waals surface area contributed by atoms with Crippen molar-refractivity contribution in [2.45, 2.75) is 25.2 Å². The number of rotatable bonds is 4. The van der Waals surface area contributed by atoms with Gasteiger partial charge in [-0.3, -0.25) is 4.79 Å². The average molecular weight is 266 g/mol. The highest BCUT2D eigenvalue weighted by Gasteiger charge is 2.24. The Balaban J connectivity index is 1.69. The third-order valence-electron chi connectivity index (χ3n) is 3.52. The van der Waals surface area contributed by atoms with E-state index in [1.165, 1.54) is 18.4 Å². The molecule has 2 aromatic carbocycles. The van der Waals surface area contributed by atoms with Crippen molar-refractivity contribution >= 4 is 17.3 Å².